The molecule has 3 rings (SSSR count). The van der Waals surface area contributed by atoms with E-state index in [1.54, 1.807) is 19.1 Å². The molecule has 0 radical (unpaired) electrons. The lowest BCUT2D eigenvalue weighted by Gasteiger charge is -2.09. The van der Waals surface area contributed by atoms with Gasteiger partial charge in [0.1, 0.15) is 12.4 Å². The van der Waals surface area contributed by atoms with Gasteiger partial charge in [-0.1, -0.05) is 12.1 Å². The molecule has 0 saturated heterocycles. The molecule has 0 unspecified atom stereocenters. The number of ether oxygens (including phenoxy) is 1. The first-order valence-electron chi connectivity index (χ1n) is 7.84. The molecule has 4 N–H and O–H groups in total. The average Bonchev–Trinajstić information content (AvgIpc) is 2.95. The van der Waals surface area contributed by atoms with Gasteiger partial charge in [-0.25, -0.2) is 4.79 Å². The Bertz CT molecular complexity index is 883. The summed E-state index contributed by atoms with van der Waals surface area (Å²) in [5.74, 6) is -0.134. The van der Waals surface area contributed by atoms with Gasteiger partial charge in [-0.2, -0.15) is 0 Å². The Hall–Kier alpha value is -2.79. The number of aromatic amines is 1. The van der Waals surface area contributed by atoms with E-state index in [2.05, 4.69) is 4.98 Å². The Balaban J connectivity index is 1.76. The molecule has 0 amide bonds. The summed E-state index contributed by atoms with van der Waals surface area (Å²) in [6.45, 7) is 2.79. The van der Waals surface area contributed by atoms with Crippen molar-refractivity contribution < 1.29 is 14.6 Å². The molecule has 0 aliphatic heterocycles. The number of hydrogen-bond donors (Lipinski definition) is 3. The lowest BCUT2D eigenvalue weighted by Crippen LogP contribution is -2.02. The first kappa shape index (κ1) is 16.1. The lowest BCUT2D eigenvalue weighted by atomic mass is 10.1. The number of rotatable bonds is 6. The van der Waals surface area contributed by atoms with Gasteiger partial charge in [0.2, 0.25) is 0 Å². The second kappa shape index (κ2) is 6.76. The maximum absolute atomic E-state index is 11.1. The molecule has 0 fully saturated rings. The first-order chi connectivity index (χ1) is 11.6. The van der Waals surface area contributed by atoms with Gasteiger partial charge in [-0.3, -0.25) is 0 Å². The second-order valence-corrected chi connectivity index (χ2v) is 5.80. The maximum Gasteiger partial charge on any atom is 0.335 e. The minimum absolute atomic E-state index is 0.318. The minimum atomic E-state index is -0.912. The van der Waals surface area contributed by atoms with Crippen LogP contribution in [0.2, 0.25) is 0 Å². The molecular formula is C19H20N2O3. The Labute approximate surface area is 140 Å². The van der Waals surface area contributed by atoms with Gasteiger partial charge < -0.3 is 20.6 Å². The molecule has 5 heteroatoms. The van der Waals surface area contributed by atoms with Crippen LogP contribution in [0.1, 0.15) is 27.0 Å². The summed E-state index contributed by atoms with van der Waals surface area (Å²) in [5, 5.41) is 10.2. The van der Waals surface area contributed by atoms with Crippen molar-refractivity contribution in [2.75, 3.05) is 6.54 Å². The third-order valence-corrected chi connectivity index (χ3v) is 4.08. The summed E-state index contributed by atoms with van der Waals surface area (Å²) in [6, 6.07) is 11.2. The molecule has 3 aromatic rings. The van der Waals surface area contributed by atoms with Crippen LogP contribution in [0, 0.1) is 6.92 Å². The van der Waals surface area contributed by atoms with Crippen molar-refractivity contribution >= 4 is 16.9 Å². The summed E-state index contributed by atoms with van der Waals surface area (Å²) in [5.41, 5.74) is 9.88. The Morgan fingerprint density at radius 2 is 2.08 bits per heavy atom. The van der Waals surface area contributed by atoms with Crippen LogP contribution in [0.25, 0.3) is 10.9 Å². The van der Waals surface area contributed by atoms with Gasteiger partial charge in [0, 0.05) is 17.1 Å². The zero-order chi connectivity index (χ0) is 17.1. The first-order valence-corrected chi connectivity index (χ1v) is 7.84. The fourth-order valence-electron chi connectivity index (χ4n) is 2.83. The molecule has 0 spiro atoms. The number of aryl methyl sites for hydroxylation is 1. The van der Waals surface area contributed by atoms with Crippen molar-refractivity contribution in [1.82, 2.24) is 4.98 Å². The highest BCUT2D eigenvalue weighted by molar-refractivity contribution is 5.89. The van der Waals surface area contributed by atoms with Crippen LogP contribution >= 0.6 is 0 Å². The molecule has 0 aliphatic rings. The van der Waals surface area contributed by atoms with Crippen LogP contribution in [0.5, 0.6) is 5.75 Å². The monoisotopic (exact) mass is 324 g/mol. The SMILES string of the molecule is Cc1cc(COc2ccc3[nH]cc(CCN)c3c2)ccc1C(=O)O. The van der Waals surface area contributed by atoms with E-state index >= 15 is 0 Å². The number of carbonyl (C=O) groups is 1. The quantitative estimate of drug-likeness (QED) is 0.649. The van der Waals surface area contributed by atoms with E-state index in [1.807, 2.05) is 30.5 Å². The lowest BCUT2D eigenvalue weighted by molar-refractivity contribution is 0.0696. The van der Waals surface area contributed by atoms with E-state index in [-0.39, 0.29) is 0 Å². The zero-order valence-corrected chi connectivity index (χ0v) is 13.5. The highest BCUT2D eigenvalue weighted by Crippen LogP contribution is 2.25. The second-order valence-electron chi connectivity index (χ2n) is 5.80. The number of carboxylic acids is 1. The Kier molecular flexibility index (Phi) is 4.53. The van der Waals surface area contributed by atoms with Gasteiger partial charge in [0.05, 0.1) is 5.56 Å². The van der Waals surface area contributed by atoms with Crippen molar-refractivity contribution in [2.45, 2.75) is 20.0 Å². The number of nitrogens with one attached hydrogen (secondary N) is 1. The molecule has 124 valence electrons. The van der Waals surface area contributed by atoms with Gasteiger partial charge >= 0.3 is 5.97 Å². The van der Waals surface area contributed by atoms with E-state index < -0.39 is 5.97 Å². The summed E-state index contributed by atoms with van der Waals surface area (Å²) in [7, 11) is 0. The molecule has 5 nitrogen and oxygen atoms in total. The Morgan fingerprint density at radius 1 is 1.25 bits per heavy atom. The average molecular weight is 324 g/mol. The summed E-state index contributed by atoms with van der Waals surface area (Å²) >= 11 is 0. The highest BCUT2D eigenvalue weighted by atomic mass is 16.5. The van der Waals surface area contributed by atoms with Crippen molar-refractivity contribution in [1.29, 1.82) is 0 Å². The van der Waals surface area contributed by atoms with Crippen molar-refractivity contribution in [3.8, 4) is 5.75 Å². The highest BCUT2D eigenvalue weighted by Gasteiger charge is 2.08. The van der Waals surface area contributed by atoms with E-state index in [9.17, 15) is 4.79 Å². The zero-order valence-electron chi connectivity index (χ0n) is 13.5. The number of aromatic nitrogens is 1. The van der Waals surface area contributed by atoms with Gasteiger partial charge in [-0.05, 0) is 60.8 Å². The van der Waals surface area contributed by atoms with Crippen molar-refractivity contribution in [3.63, 3.8) is 0 Å². The molecule has 0 aliphatic carbocycles. The van der Waals surface area contributed by atoms with Crippen LogP contribution in [0.4, 0.5) is 0 Å². The summed E-state index contributed by atoms with van der Waals surface area (Å²) < 4.78 is 5.87. The van der Waals surface area contributed by atoms with Gasteiger partial charge in [0.25, 0.3) is 0 Å². The maximum atomic E-state index is 11.1. The smallest absolute Gasteiger partial charge is 0.335 e. The molecule has 0 atom stereocenters. The topological polar surface area (TPSA) is 88.3 Å². The molecule has 1 aromatic heterocycles. The normalized spacial score (nSPS) is 10.9. The van der Waals surface area contributed by atoms with E-state index in [0.717, 1.165) is 34.2 Å². The standard InChI is InChI=1S/C19H20N2O3/c1-12-8-13(2-4-16(12)19(22)23)11-24-15-3-5-18-17(9-15)14(6-7-20)10-21-18/h2-5,8-10,21H,6-7,11,20H2,1H3,(H,22,23). The predicted molar refractivity (Wildman–Crippen MR) is 93.5 cm³/mol. The van der Waals surface area contributed by atoms with Crippen LogP contribution in [-0.2, 0) is 13.0 Å². The Morgan fingerprint density at radius 3 is 2.79 bits per heavy atom. The third kappa shape index (κ3) is 3.26. The van der Waals surface area contributed by atoms with Crippen LogP contribution < -0.4 is 10.5 Å². The number of nitrogens with two attached hydrogens (primary N) is 1. The number of carboxylic acid groups (broad SMARTS) is 1. The molecule has 0 saturated carbocycles. The number of fused-ring (bicyclic) bond motifs is 1. The number of aromatic carboxylic acids is 1. The molecule has 0 bridgehead atoms. The molecule has 1 heterocycles. The minimum Gasteiger partial charge on any atom is -0.489 e. The number of benzene rings is 2. The third-order valence-electron chi connectivity index (χ3n) is 4.08. The van der Waals surface area contributed by atoms with Crippen LogP contribution in [-0.4, -0.2) is 22.6 Å². The van der Waals surface area contributed by atoms with Crippen LogP contribution in [0.15, 0.2) is 42.6 Å². The number of H-pyrrole nitrogens is 1. The summed E-state index contributed by atoms with van der Waals surface area (Å²) in [4.78, 5) is 14.3. The van der Waals surface area contributed by atoms with Gasteiger partial charge in [-0.15, -0.1) is 0 Å². The van der Waals surface area contributed by atoms with Gasteiger partial charge in [0.15, 0.2) is 0 Å². The largest absolute Gasteiger partial charge is 0.489 e. The van der Waals surface area contributed by atoms with Crippen molar-refractivity contribution in [3.05, 3.63) is 64.8 Å². The van der Waals surface area contributed by atoms with Crippen molar-refractivity contribution in [2.24, 2.45) is 5.73 Å². The molecular weight excluding hydrogens is 304 g/mol. The van der Waals surface area contributed by atoms with E-state index in [4.69, 9.17) is 15.6 Å². The fourth-order valence-corrected chi connectivity index (χ4v) is 2.83. The summed E-state index contributed by atoms with van der Waals surface area (Å²) in [6.07, 6.45) is 2.80. The fraction of sp³-hybridized carbons (Fsp3) is 0.211. The number of hydrogen-bond acceptors (Lipinski definition) is 3. The van der Waals surface area contributed by atoms with Crippen LogP contribution in [0.3, 0.4) is 0 Å². The molecule has 2 aromatic carbocycles. The predicted octanol–water partition coefficient (Wildman–Crippen LogP) is 3.25. The van der Waals surface area contributed by atoms with E-state index in [1.165, 1.54) is 5.56 Å². The molecule has 24 heavy (non-hydrogen) atoms. The van der Waals surface area contributed by atoms with E-state index in [0.29, 0.717) is 18.7 Å².